The number of amides is 1. The van der Waals surface area contributed by atoms with E-state index in [9.17, 15) is 4.79 Å². The van der Waals surface area contributed by atoms with E-state index in [1.54, 1.807) is 16.6 Å². The molecule has 2 heterocycles. The molecule has 24 heavy (non-hydrogen) atoms. The molecule has 0 radical (unpaired) electrons. The van der Waals surface area contributed by atoms with Gasteiger partial charge in [-0.05, 0) is 37.6 Å². The summed E-state index contributed by atoms with van der Waals surface area (Å²) in [7, 11) is 0. The first kappa shape index (κ1) is 15.8. The molecule has 3 rings (SSSR count). The summed E-state index contributed by atoms with van der Waals surface area (Å²) in [5.41, 5.74) is 2.73. The SMILES string of the molecule is CCNc1cn2nc(NC(=O)COc3ccccc3)nc2cc1C. The van der Waals surface area contributed by atoms with Crippen LogP contribution in [0.2, 0.25) is 0 Å². The minimum atomic E-state index is -0.307. The van der Waals surface area contributed by atoms with Crippen molar-refractivity contribution in [3.05, 3.63) is 48.2 Å². The Morgan fingerprint density at radius 1 is 1.29 bits per heavy atom. The number of aryl methyl sites for hydroxylation is 1. The van der Waals surface area contributed by atoms with E-state index in [1.807, 2.05) is 44.3 Å². The van der Waals surface area contributed by atoms with Crippen LogP contribution in [0.4, 0.5) is 11.6 Å². The second kappa shape index (κ2) is 6.99. The molecule has 3 aromatic rings. The van der Waals surface area contributed by atoms with Gasteiger partial charge in [-0.2, -0.15) is 4.98 Å². The van der Waals surface area contributed by atoms with Crippen LogP contribution >= 0.6 is 0 Å². The fraction of sp³-hybridized carbons (Fsp3) is 0.235. The van der Waals surface area contributed by atoms with Gasteiger partial charge in [0, 0.05) is 6.54 Å². The lowest BCUT2D eigenvalue weighted by atomic mass is 10.2. The van der Waals surface area contributed by atoms with Gasteiger partial charge in [0.1, 0.15) is 5.75 Å². The van der Waals surface area contributed by atoms with Gasteiger partial charge in [0.15, 0.2) is 12.3 Å². The fourth-order valence-corrected chi connectivity index (χ4v) is 2.28. The van der Waals surface area contributed by atoms with Crippen LogP contribution in [-0.2, 0) is 4.79 Å². The Morgan fingerprint density at radius 3 is 2.83 bits per heavy atom. The molecule has 0 saturated carbocycles. The highest BCUT2D eigenvalue weighted by atomic mass is 16.5. The van der Waals surface area contributed by atoms with Gasteiger partial charge < -0.3 is 10.1 Å². The number of fused-ring (bicyclic) bond motifs is 1. The van der Waals surface area contributed by atoms with Gasteiger partial charge in [-0.3, -0.25) is 10.1 Å². The number of hydrogen-bond acceptors (Lipinski definition) is 5. The van der Waals surface area contributed by atoms with E-state index in [0.29, 0.717) is 11.4 Å². The maximum Gasteiger partial charge on any atom is 0.264 e. The zero-order valence-corrected chi connectivity index (χ0v) is 13.6. The van der Waals surface area contributed by atoms with Gasteiger partial charge in [-0.15, -0.1) is 5.10 Å². The number of ether oxygens (including phenoxy) is 1. The van der Waals surface area contributed by atoms with E-state index in [4.69, 9.17) is 4.74 Å². The zero-order chi connectivity index (χ0) is 16.9. The summed E-state index contributed by atoms with van der Waals surface area (Å²) in [6.45, 7) is 4.75. The summed E-state index contributed by atoms with van der Waals surface area (Å²) in [6, 6.07) is 11.1. The number of benzene rings is 1. The van der Waals surface area contributed by atoms with Gasteiger partial charge in [0.25, 0.3) is 5.91 Å². The van der Waals surface area contributed by atoms with Crippen molar-refractivity contribution in [2.24, 2.45) is 0 Å². The summed E-state index contributed by atoms with van der Waals surface area (Å²) >= 11 is 0. The van der Waals surface area contributed by atoms with Gasteiger partial charge in [-0.1, -0.05) is 18.2 Å². The Hall–Kier alpha value is -3.09. The highest BCUT2D eigenvalue weighted by molar-refractivity contribution is 5.90. The lowest BCUT2D eigenvalue weighted by Crippen LogP contribution is -2.20. The molecular weight excluding hydrogens is 306 g/mol. The number of aromatic nitrogens is 3. The smallest absolute Gasteiger partial charge is 0.264 e. The molecule has 7 nitrogen and oxygen atoms in total. The molecule has 1 amide bonds. The topological polar surface area (TPSA) is 80.5 Å². The third-order valence-corrected chi connectivity index (χ3v) is 3.41. The van der Waals surface area contributed by atoms with Crippen LogP contribution in [0.3, 0.4) is 0 Å². The van der Waals surface area contributed by atoms with Crippen LogP contribution in [0.25, 0.3) is 5.65 Å². The molecule has 0 saturated heterocycles. The normalized spacial score (nSPS) is 10.6. The van der Waals surface area contributed by atoms with E-state index >= 15 is 0 Å². The van der Waals surface area contributed by atoms with Crippen molar-refractivity contribution in [3.63, 3.8) is 0 Å². The van der Waals surface area contributed by atoms with Crippen molar-refractivity contribution < 1.29 is 9.53 Å². The number of hydrogen-bond donors (Lipinski definition) is 2. The predicted octanol–water partition coefficient (Wildman–Crippen LogP) is 2.49. The van der Waals surface area contributed by atoms with Crippen LogP contribution < -0.4 is 15.4 Å². The van der Waals surface area contributed by atoms with Gasteiger partial charge in [-0.25, -0.2) is 4.52 Å². The van der Waals surface area contributed by atoms with Gasteiger partial charge >= 0.3 is 0 Å². The van der Waals surface area contributed by atoms with E-state index in [0.717, 1.165) is 17.8 Å². The van der Waals surface area contributed by atoms with Crippen LogP contribution in [0.5, 0.6) is 5.75 Å². The molecule has 2 aromatic heterocycles. The van der Waals surface area contributed by atoms with Crippen molar-refractivity contribution in [1.29, 1.82) is 0 Å². The average Bonchev–Trinajstić information content (AvgIpc) is 2.95. The monoisotopic (exact) mass is 325 g/mol. The molecule has 7 heteroatoms. The number of nitrogens with zero attached hydrogens (tertiary/aromatic N) is 3. The number of para-hydroxylation sites is 1. The van der Waals surface area contributed by atoms with Crippen LogP contribution in [0, 0.1) is 6.92 Å². The van der Waals surface area contributed by atoms with Crippen molar-refractivity contribution in [2.75, 3.05) is 23.8 Å². The Balaban J connectivity index is 1.67. The first-order valence-corrected chi connectivity index (χ1v) is 7.74. The molecule has 2 N–H and O–H groups in total. The molecule has 0 unspecified atom stereocenters. The van der Waals surface area contributed by atoms with Crippen molar-refractivity contribution in [2.45, 2.75) is 13.8 Å². The molecule has 1 aromatic carbocycles. The summed E-state index contributed by atoms with van der Waals surface area (Å²) in [5.74, 6) is 0.588. The lowest BCUT2D eigenvalue weighted by molar-refractivity contribution is -0.118. The number of nitrogens with one attached hydrogen (secondary N) is 2. The molecule has 0 atom stereocenters. The van der Waals surface area contributed by atoms with Crippen molar-refractivity contribution in [3.8, 4) is 5.75 Å². The molecular formula is C17H19N5O2. The predicted molar refractivity (Wildman–Crippen MR) is 92.5 cm³/mol. The van der Waals surface area contributed by atoms with Gasteiger partial charge in [0.2, 0.25) is 5.95 Å². The minimum Gasteiger partial charge on any atom is -0.484 e. The second-order valence-corrected chi connectivity index (χ2v) is 5.29. The van der Waals surface area contributed by atoms with E-state index in [-0.39, 0.29) is 18.5 Å². The number of pyridine rings is 1. The number of carbonyl (C=O) groups excluding carboxylic acids is 1. The summed E-state index contributed by atoms with van der Waals surface area (Å²) in [6.07, 6.45) is 1.86. The molecule has 124 valence electrons. The summed E-state index contributed by atoms with van der Waals surface area (Å²) < 4.78 is 7.04. The minimum absolute atomic E-state index is 0.0960. The maximum atomic E-state index is 12.0. The Morgan fingerprint density at radius 2 is 2.08 bits per heavy atom. The van der Waals surface area contributed by atoms with E-state index in [1.165, 1.54) is 0 Å². The number of anilines is 2. The molecule has 0 aliphatic carbocycles. The first-order chi connectivity index (χ1) is 11.7. The summed E-state index contributed by atoms with van der Waals surface area (Å²) in [4.78, 5) is 16.3. The largest absolute Gasteiger partial charge is 0.484 e. The fourth-order valence-electron chi connectivity index (χ4n) is 2.28. The number of carbonyl (C=O) groups is 1. The third kappa shape index (κ3) is 3.62. The maximum absolute atomic E-state index is 12.0. The Labute approximate surface area is 139 Å². The second-order valence-electron chi connectivity index (χ2n) is 5.29. The van der Waals surface area contributed by atoms with Crippen LogP contribution in [0.1, 0.15) is 12.5 Å². The highest BCUT2D eigenvalue weighted by Crippen LogP contribution is 2.17. The Bertz CT molecular complexity index is 845. The highest BCUT2D eigenvalue weighted by Gasteiger charge is 2.10. The molecule has 0 fully saturated rings. The Kier molecular flexibility index (Phi) is 4.60. The number of rotatable bonds is 6. The van der Waals surface area contributed by atoms with Crippen LogP contribution in [0.15, 0.2) is 42.6 Å². The summed E-state index contributed by atoms with van der Waals surface area (Å²) in [5, 5.41) is 10.2. The molecule has 0 aliphatic rings. The lowest BCUT2D eigenvalue weighted by Gasteiger charge is -2.06. The van der Waals surface area contributed by atoms with Crippen molar-refractivity contribution in [1.82, 2.24) is 14.6 Å². The zero-order valence-electron chi connectivity index (χ0n) is 13.6. The first-order valence-electron chi connectivity index (χ1n) is 7.74. The van der Waals surface area contributed by atoms with Gasteiger partial charge in [0.05, 0.1) is 11.9 Å². The van der Waals surface area contributed by atoms with Crippen LogP contribution in [-0.4, -0.2) is 33.7 Å². The van der Waals surface area contributed by atoms with E-state index in [2.05, 4.69) is 20.7 Å². The molecule has 0 spiro atoms. The standard InChI is InChI=1S/C17H19N5O2/c1-3-18-14-10-22-15(9-12(14)2)19-17(21-22)20-16(23)11-24-13-7-5-4-6-8-13/h4-10,18H,3,11H2,1-2H3,(H,20,21,23). The van der Waals surface area contributed by atoms with E-state index < -0.39 is 0 Å². The molecule has 0 aliphatic heterocycles. The quantitative estimate of drug-likeness (QED) is 0.728. The molecule has 0 bridgehead atoms. The third-order valence-electron chi connectivity index (χ3n) is 3.41. The van der Waals surface area contributed by atoms with Crippen molar-refractivity contribution >= 4 is 23.2 Å². The average molecular weight is 325 g/mol.